The van der Waals surface area contributed by atoms with E-state index in [2.05, 4.69) is 32.4 Å². The Morgan fingerprint density at radius 3 is 2.78 bits per heavy atom. The van der Waals surface area contributed by atoms with E-state index < -0.39 is 0 Å². The quantitative estimate of drug-likeness (QED) is 0.342. The minimum absolute atomic E-state index is 0.0718. The van der Waals surface area contributed by atoms with Crippen LogP contribution in [-0.4, -0.2) is 37.3 Å². The zero-order valence-electron chi connectivity index (χ0n) is 18.2. The molecule has 2 heterocycles. The van der Waals surface area contributed by atoms with Crippen LogP contribution >= 0.6 is 23.1 Å². The summed E-state index contributed by atoms with van der Waals surface area (Å²) < 4.78 is 1.88. The number of thioether (sulfide) groups is 1. The molecule has 3 rings (SSSR count). The average molecular weight is 471 g/mol. The van der Waals surface area contributed by atoms with Crippen molar-refractivity contribution in [3.63, 3.8) is 0 Å². The molecule has 1 aromatic carbocycles. The van der Waals surface area contributed by atoms with Crippen LogP contribution in [0.2, 0.25) is 0 Å². The molecule has 2 aromatic heterocycles. The van der Waals surface area contributed by atoms with Crippen molar-refractivity contribution in [1.82, 2.24) is 25.1 Å². The van der Waals surface area contributed by atoms with Gasteiger partial charge in [0.2, 0.25) is 5.91 Å². The van der Waals surface area contributed by atoms with E-state index in [0.29, 0.717) is 28.2 Å². The normalized spacial score (nSPS) is 11.9. The van der Waals surface area contributed by atoms with Gasteiger partial charge in [0, 0.05) is 23.7 Å². The van der Waals surface area contributed by atoms with Gasteiger partial charge in [-0.2, -0.15) is 0 Å². The minimum atomic E-state index is -0.353. The zero-order valence-corrected chi connectivity index (χ0v) is 19.9. The van der Waals surface area contributed by atoms with E-state index in [1.807, 2.05) is 43.5 Å². The van der Waals surface area contributed by atoms with Crippen molar-refractivity contribution in [3.05, 3.63) is 65.4 Å². The molecule has 0 aliphatic rings. The van der Waals surface area contributed by atoms with E-state index in [1.165, 1.54) is 23.1 Å². The summed E-state index contributed by atoms with van der Waals surface area (Å²) in [5, 5.41) is 17.4. The van der Waals surface area contributed by atoms with E-state index >= 15 is 0 Å². The number of benzene rings is 1. The van der Waals surface area contributed by atoms with Crippen molar-refractivity contribution < 1.29 is 9.59 Å². The molecule has 0 spiro atoms. The fourth-order valence-corrected chi connectivity index (χ4v) is 4.35. The van der Waals surface area contributed by atoms with Crippen LogP contribution in [0, 0.1) is 12.8 Å². The summed E-state index contributed by atoms with van der Waals surface area (Å²) in [5.41, 5.74) is 1.61. The van der Waals surface area contributed by atoms with E-state index in [9.17, 15) is 9.59 Å². The molecule has 2 amide bonds. The maximum Gasteiger partial charge on any atom is 0.251 e. The lowest BCUT2D eigenvalue weighted by Crippen LogP contribution is -2.34. The first-order chi connectivity index (χ1) is 15.4. The second kappa shape index (κ2) is 11.1. The van der Waals surface area contributed by atoms with Crippen molar-refractivity contribution in [2.24, 2.45) is 5.92 Å². The Labute approximate surface area is 195 Å². The highest BCUT2D eigenvalue weighted by molar-refractivity contribution is 7.99. The third kappa shape index (κ3) is 6.04. The van der Waals surface area contributed by atoms with Crippen LogP contribution in [0.15, 0.2) is 53.7 Å². The van der Waals surface area contributed by atoms with Gasteiger partial charge in [-0.3, -0.25) is 9.59 Å². The summed E-state index contributed by atoms with van der Waals surface area (Å²) in [6, 6.07) is 7.10. The Kier molecular flexibility index (Phi) is 8.18. The van der Waals surface area contributed by atoms with Gasteiger partial charge in [-0.1, -0.05) is 49.4 Å². The maximum atomic E-state index is 12.9. The summed E-state index contributed by atoms with van der Waals surface area (Å²) in [7, 11) is 0. The van der Waals surface area contributed by atoms with Crippen molar-refractivity contribution in [2.75, 3.05) is 11.1 Å². The predicted molar refractivity (Wildman–Crippen MR) is 128 cm³/mol. The van der Waals surface area contributed by atoms with Crippen LogP contribution in [0.25, 0.3) is 0 Å². The number of carbonyl (C=O) groups excluding carboxylic acids is 2. The Bertz CT molecular complexity index is 1080. The lowest BCUT2D eigenvalue weighted by Gasteiger charge is -2.22. The summed E-state index contributed by atoms with van der Waals surface area (Å²) >= 11 is 2.64. The lowest BCUT2D eigenvalue weighted by atomic mass is 10.0. The molecule has 0 fully saturated rings. The number of aromatic nitrogens is 4. The predicted octanol–water partition coefficient (Wildman–Crippen LogP) is 4.09. The van der Waals surface area contributed by atoms with Crippen LogP contribution in [0.5, 0.6) is 0 Å². The highest BCUT2D eigenvalue weighted by Crippen LogP contribution is 2.26. The van der Waals surface area contributed by atoms with Crippen molar-refractivity contribution in [2.45, 2.75) is 38.5 Å². The molecule has 0 saturated carbocycles. The minimum Gasteiger partial charge on any atom is -0.342 e. The summed E-state index contributed by atoms with van der Waals surface area (Å²) in [6.07, 6.45) is 3.38. The van der Waals surface area contributed by atoms with Crippen LogP contribution < -0.4 is 10.6 Å². The van der Waals surface area contributed by atoms with Gasteiger partial charge in [-0.15, -0.1) is 28.1 Å². The standard InChI is InChI=1S/C22H26N6O2S2/c1-5-10-28-19(18(14(2)3)25-20(30)16-8-6-7-15(4)12-16)26-27-22(28)32-13-17(29)24-21-23-9-11-31-21/h5-9,11-12,14,18H,1,10,13H2,2-4H3,(H,25,30)(H,23,24,29)/t18-/m0/s1. The van der Waals surface area contributed by atoms with Gasteiger partial charge in [0.25, 0.3) is 5.91 Å². The molecule has 2 N–H and O–H groups in total. The van der Waals surface area contributed by atoms with Gasteiger partial charge >= 0.3 is 0 Å². The Morgan fingerprint density at radius 1 is 1.31 bits per heavy atom. The number of hydrogen-bond acceptors (Lipinski definition) is 7. The molecular formula is C22H26N6O2S2. The number of anilines is 1. The molecule has 0 saturated heterocycles. The highest BCUT2D eigenvalue weighted by Gasteiger charge is 2.26. The molecule has 0 aliphatic heterocycles. The van der Waals surface area contributed by atoms with Crippen LogP contribution in [0.3, 0.4) is 0 Å². The summed E-state index contributed by atoms with van der Waals surface area (Å²) in [6.45, 7) is 10.3. The largest absolute Gasteiger partial charge is 0.342 e. The lowest BCUT2D eigenvalue weighted by molar-refractivity contribution is -0.113. The van der Waals surface area contributed by atoms with Gasteiger partial charge in [-0.25, -0.2) is 4.98 Å². The third-order valence-electron chi connectivity index (χ3n) is 4.58. The number of hydrogen-bond donors (Lipinski definition) is 2. The van der Waals surface area contributed by atoms with E-state index in [-0.39, 0.29) is 29.5 Å². The topological polar surface area (TPSA) is 102 Å². The van der Waals surface area contributed by atoms with Gasteiger partial charge < -0.3 is 15.2 Å². The Balaban J connectivity index is 1.76. The number of amides is 2. The van der Waals surface area contributed by atoms with Gasteiger partial charge in [0.05, 0.1) is 11.8 Å². The molecule has 3 aromatic rings. The fraction of sp³-hybridized carbons (Fsp3) is 0.318. The number of thiazole rings is 1. The molecule has 0 bridgehead atoms. The monoisotopic (exact) mass is 470 g/mol. The Hall–Kier alpha value is -2.98. The molecule has 0 aliphatic carbocycles. The first kappa shape index (κ1) is 23.7. The molecule has 0 radical (unpaired) electrons. The van der Waals surface area contributed by atoms with Crippen molar-refractivity contribution in [3.8, 4) is 0 Å². The SMILES string of the molecule is C=CCn1c(SCC(=O)Nc2nccs2)nnc1[C@@H](NC(=O)c1cccc(C)c1)C(C)C. The van der Waals surface area contributed by atoms with Gasteiger partial charge in [0.1, 0.15) is 0 Å². The molecule has 0 unspecified atom stereocenters. The summed E-state index contributed by atoms with van der Waals surface area (Å²) in [5.74, 6) is 0.522. The molecule has 10 heteroatoms. The number of rotatable bonds is 10. The molecule has 32 heavy (non-hydrogen) atoms. The first-order valence-electron chi connectivity index (χ1n) is 10.1. The van der Waals surface area contributed by atoms with Gasteiger partial charge in [0.15, 0.2) is 16.1 Å². The number of allylic oxidation sites excluding steroid dienone is 1. The highest BCUT2D eigenvalue weighted by atomic mass is 32.2. The first-order valence-corrected chi connectivity index (χ1v) is 12.0. The molecule has 1 atom stereocenters. The summed E-state index contributed by atoms with van der Waals surface area (Å²) in [4.78, 5) is 29.2. The van der Waals surface area contributed by atoms with Crippen LogP contribution in [0.1, 0.15) is 41.6 Å². The molecule has 8 nitrogen and oxygen atoms in total. The second-order valence-electron chi connectivity index (χ2n) is 7.48. The number of nitrogens with one attached hydrogen (secondary N) is 2. The fourth-order valence-electron chi connectivity index (χ4n) is 3.05. The van der Waals surface area contributed by atoms with Gasteiger partial charge in [-0.05, 0) is 25.0 Å². The number of nitrogens with zero attached hydrogens (tertiary/aromatic N) is 4. The van der Waals surface area contributed by atoms with E-state index in [4.69, 9.17) is 0 Å². The Morgan fingerprint density at radius 2 is 2.12 bits per heavy atom. The molecule has 168 valence electrons. The number of aryl methyl sites for hydroxylation is 1. The van der Waals surface area contributed by atoms with Crippen LogP contribution in [0.4, 0.5) is 5.13 Å². The number of carbonyl (C=O) groups is 2. The van der Waals surface area contributed by atoms with Crippen molar-refractivity contribution in [1.29, 1.82) is 0 Å². The second-order valence-corrected chi connectivity index (χ2v) is 9.32. The maximum absolute atomic E-state index is 12.9. The third-order valence-corrected chi connectivity index (χ3v) is 6.24. The smallest absolute Gasteiger partial charge is 0.251 e. The van der Waals surface area contributed by atoms with Crippen molar-refractivity contribution >= 4 is 40.0 Å². The zero-order chi connectivity index (χ0) is 23.1. The average Bonchev–Trinajstić information content (AvgIpc) is 3.40. The van der Waals surface area contributed by atoms with Crippen LogP contribution in [-0.2, 0) is 11.3 Å². The van der Waals surface area contributed by atoms with E-state index in [0.717, 1.165) is 5.56 Å². The molecular weight excluding hydrogens is 444 g/mol. The van der Waals surface area contributed by atoms with E-state index in [1.54, 1.807) is 23.7 Å².